The highest BCUT2D eigenvalue weighted by Gasteiger charge is 2.41. The summed E-state index contributed by atoms with van der Waals surface area (Å²) in [4.78, 5) is 11.3. The Labute approximate surface area is 126 Å². The van der Waals surface area contributed by atoms with Crippen LogP contribution in [0, 0.1) is 18.8 Å². The van der Waals surface area contributed by atoms with Gasteiger partial charge in [-0.3, -0.25) is 4.79 Å². The molecule has 0 bridgehead atoms. The topological polar surface area (TPSA) is 74.7 Å². The van der Waals surface area contributed by atoms with E-state index < -0.39 is 21.9 Å². The van der Waals surface area contributed by atoms with E-state index in [1.54, 1.807) is 32.0 Å². The van der Waals surface area contributed by atoms with E-state index in [1.807, 2.05) is 0 Å². The quantitative estimate of drug-likeness (QED) is 0.894. The second-order valence-corrected chi connectivity index (χ2v) is 7.98. The van der Waals surface area contributed by atoms with Gasteiger partial charge in [-0.1, -0.05) is 28.9 Å². The molecule has 2 atom stereocenters. The summed E-state index contributed by atoms with van der Waals surface area (Å²) in [5.74, 6) is -1.77. The van der Waals surface area contributed by atoms with Gasteiger partial charge in [0.25, 0.3) is 0 Å². The molecule has 20 heavy (non-hydrogen) atoms. The lowest BCUT2D eigenvalue weighted by molar-refractivity contribution is -0.142. The van der Waals surface area contributed by atoms with Crippen molar-refractivity contribution in [3.05, 3.63) is 28.2 Å². The highest BCUT2D eigenvalue weighted by atomic mass is 79.9. The number of nitrogens with zero attached hydrogens (tertiary/aromatic N) is 1. The Balaban J connectivity index is 2.37. The van der Waals surface area contributed by atoms with Crippen molar-refractivity contribution in [2.75, 3.05) is 13.1 Å². The Kier molecular flexibility index (Phi) is 4.22. The minimum Gasteiger partial charge on any atom is -0.481 e. The SMILES string of the molecule is Cc1ccc(Br)cc1S(=O)(=O)N1C[C@@H](C)[C@H](C(=O)O)C1. The monoisotopic (exact) mass is 361 g/mol. The first kappa shape index (κ1) is 15.5. The summed E-state index contributed by atoms with van der Waals surface area (Å²) in [5, 5.41) is 9.11. The maximum atomic E-state index is 12.6. The van der Waals surface area contributed by atoms with Crippen LogP contribution >= 0.6 is 15.9 Å². The summed E-state index contributed by atoms with van der Waals surface area (Å²) in [7, 11) is -3.65. The number of rotatable bonds is 3. The molecule has 1 fully saturated rings. The van der Waals surface area contributed by atoms with Crippen LogP contribution in [0.3, 0.4) is 0 Å². The molecule has 2 rings (SSSR count). The van der Waals surface area contributed by atoms with E-state index in [0.717, 1.165) is 0 Å². The van der Waals surface area contributed by atoms with Crippen LogP contribution in [0.15, 0.2) is 27.6 Å². The van der Waals surface area contributed by atoms with Crippen molar-refractivity contribution < 1.29 is 18.3 Å². The highest BCUT2D eigenvalue weighted by molar-refractivity contribution is 9.10. The Morgan fingerprint density at radius 1 is 1.40 bits per heavy atom. The van der Waals surface area contributed by atoms with Gasteiger partial charge in [0.05, 0.1) is 10.8 Å². The molecule has 1 aromatic rings. The van der Waals surface area contributed by atoms with Crippen molar-refractivity contribution in [3.8, 4) is 0 Å². The van der Waals surface area contributed by atoms with Gasteiger partial charge in [0.1, 0.15) is 0 Å². The molecule has 0 spiro atoms. The molecule has 1 heterocycles. The summed E-state index contributed by atoms with van der Waals surface area (Å²) < 4.78 is 27.2. The number of sulfonamides is 1. The number of halogens is 1. The predicted molar refractivity (Wildman–Crippen MR) is 77.9 cm³/mol. The van der Waals surface area contributed by atoms with Crippen molar-refractivity contribution in [1.82, 2.24) is 4.31 Å². The Morgan fingerprint density at radius 3 is 2.60 bits per heavy atom. The number of carboxylic acids is 1. The van der Waals surface area contributed by atoms with Gasteiger partial charge in [-0.15, -0.1) is 0 Å². The number of carbonyl (C=O) groups is 1. The molecule has 110 valence electrons. The van der Waals surface area contributed by atoms with E-state index >= 15 is 0 Å². The van der Waals surface area contributed by atoms with E-state index in [-0.39, 0.29) is 23.9 Å². The molecule has 0 amide bonds. The van der Waals surface area contributed by atoms with Crippen LogP contribution < -0.4 is 0 Å². The zero-order valence-corrected chi connectivity index (χ0v) is 13.6. The summed E-state index contributed by atoms with van der Waals surface area (Å²) >= 11 is 3.27. The van der Waals surface area contributed by atoms with Gasteiger partial charge in [0.2, 0.25) is 10.0 Å². The molecular formula is C13H16BrNO4S. The van der Waals surface area contributed by atoms with Crippen molar-refractivity contribution in [2.24, 2.45) is 11.8 Å². The first-order chi connectivity index (χ1) is 9.23. The zero-order valence-electron chi connectivity index (χ0n) is 11.2. The van der Waals surface area contributed by atoms with Gasteiger partial charge < -0.3 is 5.11 Å². The molecule has 0 saturated carbocycles. The summed E-state index contributed by atoms with van der Waals surface area (Å²) in [6.07, 6.45) is 0. The fraction of sp³-hybridized carbons (Fsp3) is 0.462. The van der Waals surface area contributed by atoms with Crippen LogP contribution in [0.1, 0.15) is 12.5 Å². The van der Waals surface area contributed by atoms with E-state index in [0.29, 0.717) is 10.0 Å². The molecular weight excluding hydrogens is 346 g/mol. The minimum atomic E-state index is -3.65. The predicted octanol–water partition coefficient (Wildman–Crippen LogP) is 2.10. The van der Waals surface area contributed by atoms with Gasteiger partial charge >= 0.3 is 5.97 Å². The number of aryl methyl sites for hydroxylation is 1. The Hall–Kier alpha value is -0.920. The van der Waals surface area contributed by atoms with Crippen LogP contribution in [0.4, 0.5) is 0 Å². The first-order valence-electron chi connectivity index (χ1n) is 6.22. The van der Waals surface area contributed by atoms with E-state index in [4.69, 9.17) is 5.11 Å². The third-order valence-corrected chi connectivity index (χ3v) is 6.13. The van der Waals surface area contributed by atoms with Crippen molar-refractivity contribution >= 4 is 31.9 Å². The average molecular weight is 362 g/mol. The van der Waals surface area contributed by atoms with Crippen LogP contribution in [0.5, 0.6) is 0 Å². The fourth-order valence-electron chi connectivity index (χ4n) is 2.43. The van der Waals surface area contributed by atoms with E-state index in [2.05, 4.69) is 15.9 Å². The Bertz CT molecular complexity index is 644. The molecule has 0 aromatic heterocycles. The number of carboxylic acid groups (broad SMARTS) is 1. The lowest BCUT2D eigenvalue weighted by Crippen LogP contribution is -2.30. The van der Waals surface area contributed by atoms with Crippen molar-refractivity contribution in [3.63, 3.8) is 0 Å². The third kappa shape index (κ3) is 2.75. The molecule has 1 N–H and O–H groups in total. The van der Waals surface area contributed by atoms with Gasteiger partial charge in [-0.2, -0.15) is 4.31 Å². The normalized spacial score (nSPS) is 23.9. The Morgan fingerprint density at radius 2 is 2.05 bits per heavy atom. The van der Waals surface area contributed by atoms with Crippen LogP contribution in [0.25, 0.3) is 0 Å². The minimum absolute atomic E-state index is 0.0325. The molecule has 0 aliphatic carbocycles. The summed E-state index contributed by atoms with van der Waals surface area (Å²) in [6.45, 7) is 3.77. The molecule has 1 aliphatic rings. The van der Waals surface area contributed by atoms with E-state index in [1.165, 1.54) is 4.31 Å². The zero-order chi connectivity index (χ0) is 15.1. The van der Waals surface area contributed by atoms with Crippen molar-refractivity contribution in [1.29, 1.82) is 0 Å². The number of hydrogen-bond donors (Lipinski definition) is 1. The maximum absolute atomic E-state index is 12.6. The number of aliphatic carboxylic acids is 1. The van der Waals surface area contributed by atoms with Gasteiger partial charge in [-0.25, -0.2) is 8.42 Å². The molecule has 0 unspecified atom stereocenters. The van der Waals surface area contributed by atoms with Crippen molar-refractivity contribution in [2.45, 2.75) is 18.7 Å². The van der Waals surface area contributed by atoms with Gasteiger partial charge in [0.15, 0.2) is 0 Å². The van der Waals surface area contributed by atoms with Gasteiger partial charge in [-0.05, 0) is 30.5 Å². The maximum Gasteiger partial charge on any atom is 0.308 e. The molecule has 5 nitrogen and oxygen atoms in total. The van der Waals surface area contributed by atoms with Crippen LogP contribution in [-0.4, -0.2) is 36.9 Å². The smallest absolute Gasteiger partial charge is 0.308 e. The first-order valence-corrected chi connectivity index (χ1v) is 8.46. The van der Waals surface area contributed by atoms with E-state index in [9.17, 15) is 13.2 Å². The molecule has 0 radical (unpaired) electrons. The molecule has 1 aliphatic heterocycles. The standard InChI is InChI=1S/C13H16BrNO4S/c1-8-3-4-10(14)5-12(8)20(18,19)15-6-9(2)11(7-15)13(16)17/h3-5,9,11H,6-7H2,1-2H3,(H,16,17)/t9-,11-/m1/s1. The molecule has 1 saturated heterocycles. The fourth-order valence-corrected chi connectivity index (χ4v) is 4.76. The lowest BCUT2D eigenvalue weighted by atomic mass is 9.99. The summed E-state index contributed by atoms with van der Waals surface area (Å²) in [6, 6.07) is 5.07. The number of hydrogen-bond acceptors (Lipinski definition) is 3. The average Bonchev–Trinajstić information content (AvgIpc) is 2.75. The van der Waals surface area contributed by atoms with Crippen LogP contribution in [-0.2, 0) is 14.8 Å². The second kappa shape index (κ2) is 5.46. The lowest BCUT2D eigenvalue weighted by Gasteiger charge is -2.17. The highest BCUT2D eigenvalue weighted by Crippen LogP contribution is 2.31. The number of benzene rings is 1. The second-order valence-electron chi connectivity index (χ2n) is 5.15. The third-order valence-electron chi connectivity index (χ3n) is 3.66. The largest absolute Gasteiger partial charge is 0.481 e. The molecule has 7 heteroatoms. The van der Waals surface area contributed by atoms with Crippen LogP contribution in [0.2, 0.25) is 0 Å². The van der Waals surface area contributed by atoms with Gasteiger partial charge in [0, 0.05) is 17.6 Å². The summed E-state index contributed by atoms with van der Waals surface area (Å²) in [5.41, 5.74) is 0.652. The molecule has 1 aromatic carbocycles.